The van der Waals surface area contributed by atoms with E-state index in [0.717, 1.165) is 13.2 Å². The van der Waals surface area contributed by atoms with Gasteiger partial charge in [0.2, 0.25) is 5.75 Å². The van der Waals surface area contributed by atoms with Gasteiger partial charge < -0.3 is 9.47 Å². The summed E-state index contributed by atoms with van der Waals surface area (Å²) in [5.74, 6) is -0.937. The van der Waals surface area contributed by atoms with Crippen molar-refractivity contribution in [1.29, 1.82) is 0 Å². The molecule has 0 N–H and O–H groups in total. The summed E-state index contributed by atoms with van der Waals surface area (Å²) in [6, 6.07) is 1.16. The van der Waals surface area contributed by atoms with Crippen LogP contribution in [0.3, 0.4) is 0 Å². The molecule has 0 unspecified atom stereocenters. The van der Waals surface area contributed by atoms with Gasteiger partial charge in [0.05, 0.1) is 10.7 Å². The first-order chi connectivity index (χ1) is 7.37. The summed E-state index contributed by atoms with van der Waals surface area (Å²) in [6.45, 7) is 0. The van der Waals surface area contributed by atoms with Crippen LogP contribution in [0, 0.1) is 3.57 Å². The third-order valence-electron chi connectivity index (χ3n) is 1.45. The van der Waals surface area contributed by atoms with E-state index in [-0.39, 0.29) is 15.1 Å². The first kappa shape index (κ1) is 13.0. The van der Waals surface area contributed by atoms with Gasteiger partial charge in [0, 0.05) is 0 Å². The number of hydrogen-bond acceptors (Lipinski definition) is 4. The number of aldehydes is 1. The van der Waals surface area contributed by atoms with Crippen LogP contribution in [0.25, 0.3) is 0 Å². The lowest BCUT2D eigenvalue weighted by Crippen LogP contribution is -2.19. The molecule has 0 saturated carbocycles. The number of rotatable bonds is 3. The maximum Gasteiger partial charge on any atom is 0.573 e. The minimum Gasteiger partial charge on any atom is -0.478 e. The molecule has 0 radical (unpaired) electrons. The van der Waals surface area contributed by atoms with Gasteiger partial charge in [-0.2, -0.15) is 0 Å². The van der Waals surface area contributed by atoms with E-state index in [0.29, 0.717) is 6.29 Å². The highest BCUT2D eigenvalue weighted by Gasteiger charge is 2.34. The number of halogens is 4. The Morgan fingerprint density at radius 2 is 2.12 bits per heavy atom. The molecule has 8 heteroatoms. The van der Waals surface area contributed by atoms with E-state index < -0.39 is 12.1 Å². The Hall–Kier alpha value is -1.06. The minimum absolute atomic E-state index is 0.0317. The van der Waals surface area contributed by atoms with Gasteiger partial charge in [-0.1, -0.05) is 0 Å². The zero-order chi connectivity index (χ0) is 12.3. The number of alkyl halides is 3. The Bertz CT molecular complexity index is 408. The van der Waals surface area contributed by atoms with E-state index in [9.17, 15) is 18.0 Å². The fraction of sp³-hybridized carbons (Fsp3) is 0.250. The number of ether oxygens (including phenoxy) is 2. The van der Waals surface area contributed by atoms with Crippen LogP contribution in [0.1, 0.15) is 10.5 Å². The van der Waals surface area contributed by atoms with Crippen molar-refractivity contribution in [3.63, 3.8) is 0 Å². The van der Waals surface area contributed by atoms with Gasteiger partial charge in [-0.15, -0.1) is 13.2 Å². The van der Waals surface area contributed by atoms with Gasteiger partial charge >= 0.3 is 6.36 Å². The lowest BCUT2D eigenvalue weighted by atomic mass is 10.3. The zero-order valence-corrected chi connectivity index (χ0v) is 10.00. The van der Waals surface area contributed by atoms with E-state index in [1.807, 2.05) is 0 Å². The van der Waals surface area contributed by atoms with Crippen molar-refractivity contribution in [2.24, 2.45) is 0 Å². The van der Waals surface area contributed by atoms with E-state index >= 15 is 0 Å². The average molecular weight is 347 g/mol. The maximum absolute atomic E-state index is 12.0. The molecule has 0 bridgehead atoms. The summed E-state index contributed by atoms with van der Waals surface area (Å²) in [6.07, 6.45) is -4.43. The molecule has 0 spiro atoms. The number of carbonyl (C=O) groups is 1. The highest BCUT2D eigenvalue weighted by atomic mass is 127. The van der Waals surface area contributed by atoms with Crippen LogP contribution in [-0.2, 0) is 0 Å². The minimum atomic E-state index is -4.84. The number of aromatic nitrogens is 1. The number of carbonyl (C=O) groups excluding carboxylic acids is 1. The third kappa shape index (κ3) is 3.22. The summed E-state index contributed by atoms with van der Waals surface area (Å²) >= 11 is 1.59. The van der Waals surface area contributed by atoms with Crippen LogP contribution in [-0.4, -0.2) is 24.7 Å². The molecule has 0 aliphatic rings. The van der Waals surface area contributed by atoms with Crippen molar-refractivity contribution in [3.8, 4) is 11.6 Å². The largest absolute Gasteiger partial charge is 0.573 e. The second-order valence-corrected chi connectivity index (χ2v) is 3.70. The Balaban J connectivity index is 3.21. The van der Waals surface area contributed by atoms with Crippen molar-refractivity contribution >= 4 is 28.9 Å². The standard InChI is InChI=1S/C8H5F3INO3/c1-15-7-6(16-8(9,10)11)5(12)2-4(3-14)13-7/h2-3H,1H3. The molecule has 0 atom stereocenters. The Morgan fingerprint density at radius 3 is 2.56 bits per heavy atom. The van der Waals surface area contributed by atoms with Crippen molar-refractivity contribution in [2.45, 2.75) is 6.36 Å². The smallest absolute Gasteiger partial charge is 0.478 e. The zero-order valence-electron chi connectivity index (χ0n) is 7.84. The SMILES string of the molecule is COc1nc(C=O)cc(I)c1OC(F)(F)F. The molecule has 0 saturated heterocycles. The maximum atomic E-state index is 12.0. The lowest BCUT2D eigenvalue weighted by Gasteiger charge is -2.13. The predicted octanol–water partition coefficient (Wildman–Crippen LogP) is 2.41. The molecule has 88 valence electrons. The fourth-order valence-corrected chi connectivity index (χ4v) is 1.56. The second kappa shape index (κ2) is 4.85. The summed E-state index contributed by atoms with van der Waals surface area (Å²) in [4.78, 5) is 14.0. The highest BCUT2D eigenvalue weighted by molar-refractivity contribution is 14.1. The highest BCUT2D eigenvalue weighted by Crippen LogP contribution is 2.35. The average Bonchev–Trinajstić information content (AvgIpc) is 2.19. The first-order valence-electron chi connectivity index (χ1n) is 3.83. The van der Waals surface area contributed by atoms with Crippen LogP contribution in [0.2, 0.25) is 0 Å². The molecular formula is C8H5F3INO3. The Labute approximate surface area is 102 Å². The van der Waals surface area contributed by atoms with E-state index in [2.05, 4.69) is 14.5 Å². The quantitative estimate of drug-likeness (QED) is 0.623. The summed E-state index contributed by atoms with van der Waals surface area (Å²) in [5.41, 5.74) is -0.0317. The van der Waals surface area contributed by atoms with E-state index in [1.165, 1.54) is 0 Å². The number of pyridine rings is 1. The molecule has 0 aliphatic heterocycles. The summed E-state index contributed by atoms with van der Waals surface area (Å²) in [5, 5.41) is 0. The molecule has 0 aromatic carbocycles. The molecule has 0 amide bonds. The molecule has 4 nitrogen and oxygen atoms in total. The van der Waals surface area contributed by atoms with Crippen molar-refractivity contribution in [1.82, 2.24) is 4.98 Å². The third-order valence-corrected chi connectivity index (χ3v) is 2.25. The summed E-state index contributed by atoms with van der Waals surface area (Å²) in [7, 11) is 1.14. The van der Waals surface area contributed by atoms with Gasteiger partial charge in [-0.05, 0) is 28.7 Å². The van der Waals surface area contributed by atoms with Crippen LogP contribution in [0.15, 0.2) is 6.07 Å². The van der Waals surface area contributed by atoms with Crippen molar-refractivity contribution in [3.05, 3.63) is 15.3 Å². The first-order valence-corrected chi connectivity index (χ1v) is 4.90. The molecule has 1 aromatic heterocycles. The second-order valence-electron chi connectivity index (χ2n) is 2.53. The summed E-state index contributed by atoms with van der Waals surface area (Å²) < 4.78 is 44.6. The van der Waals surface area contributed by atoms with Gasteiger partial charge in [0.25, 0.3) is 5.88 Å². The number of hydrogen-bond donors (Lipinski definition) is 0. The number of nitrogens with zero attached hydrogens (tertiary/aromatic N) is 1. The Kier molecular flexibility index (Phi) is 3.94. The van der Waals surface area contributed by atoms with Crippen molar-refractivity contribution in [2.75, 3.05) is 7.11 Å². The van der Waals surface area contributed by atoms with E-state index in [1.54, 1.807) is 22.6 Å². The van der Waals surface area contributed by atoms with Gasteiger partial charge in [0.1, 0.15) is 5.69 Å². The van der Waals surface area contributed by atoms with E-state index in [4.69, 9.17) is 0 Å². The van der Waals surface area contributed by atoms with Crippen LogP contribution in [0.5, 0.6) is 11.6 Å². The topological polar surface area (TPSA) is 48.4 Å². The molecule has 1 rings (SSSR count). The van der Waals surface area contributed by atoms with Crippen LogP contribution < -0.4 is 9.47 Å². The van der Waals surface area contributed by atoms with Gasteiger partial charge in [-0.3, -0.25) is 4.79 Å². The van der Waals surface area contributed by atoms with Gasteiger partial charge in [-0.25, -0.2) is 4.98 Å². The predicted molar refractivity (Wildman–Crippen MR) is 55.6 cm³/mol. The fourth-order valence-electron chi connectivity index (χ4n) is 0.905. The number of methoxy groups -OCH3 is 1. The molecule has 1 heterocycles. The van der Waals surface area contributed by atoms with Crippen LogP contribution >= 0.6 is 22.6 Å². The lowest BCUT2D eigenvalue weighted by molar-refractivity contribution is -0.275. The molecule has 16 heavy (non-hydrogen) atoms. The normalized spacial score (nSPS) is 11.1. The Morgan fingerprint density at radius 1 is 1.50 bits per heavy atom. The monoisotopic (exact) mass is 347 g/mol. The molecular weight excluding hydrogens is 342 g/mol. The molecule has 1 aromatic rings. The molecule has 0 aliphatic carbocycles. The molecule has 0 fully saturated rings. The van der Waals surface area contributed by atoms with Crippen LogP contribution in [0.4, 0.5) is 13.2 Å². The van der Waals surface area contributed by atoms with Gasteiger partial charge in [0.15, 0.2) is 6.29 Å². The van der Waals surface area contributed by atoms with Crippen molar-refractivity contribution < 1.29 is 27.4 Å².